The molecule has 0 saturated carbocycles. The fraction of sp³-hybridized carbons (Fsp3) is 0.296. The number of hydrogen-bond acceptors (Lipinski definition) is 2. The number of carbonyl (C=O) groups is 1. The summed E-state index contributed by atoms with van der Waals surface area (Å²) in [7, 11) is 0. The molecule has 0 bridgehead atoms. The van der Waals surface area contributed by atoms with Crippen LogP contribution in [0.25, 0.3) is 0 Å². The molecule has 3 rings (SSSR count). The Morgan fingerprint density at radius 2 is 1.63 bits per heavy atom. The van der Waals surface area contributed by atoms with E-state index in [0.29, 0.717) is 6.42 Å². The number of ketones is 1. The summed E-state index contributed by atoms with van der Waals surface area (Å²) in [5.74, 6) is 0.141. The molecule has 0 spiro atoms. The fourth-order valence-electron chi connectivity index (χ4n) is 3.48. The largest absolute Gasteiger partial charge is 0.378 e. The van der Waals surface area contributed by atoms with Crippen LogP contribution in [-0.2, 0) is 11.8 Å². The summed E-state index contributed by atoms with van der Waals surface area (Å²) in [5.41, 5.74) is 5.47. The Kier molecular flexibility index (Phi) is 7.14. The summed E-state index contributed by atoms with van der Waals surface area (Å²) in [6.07, 6.45) is 1.40. The molecular formula is C27H30BrNO. The van der Waals surface area contributed by atoms with E-state index in [1.807, 2.05) is 36.4 Å². The number of hydrogen-bond donors (Lipinski definition) is 1. The minimum Gasteiger partial charge on any atom is -0.378 e. The predicted octanol–water partition coefficient (Wildman–Crippen LogP) is 7.74. The van der Waals surface area contributed by atoms with Crippen LogP contribution in [0.3, 0.4) is 0 Å². The van der Waals surface area contributed by atoms with Crippen molar-refractivity contribution in [2.45, 2.75) is 52.0 Å². The van der Waals surface area contributed by atoms with Crippen molar-refractivity contribution < 1.29 is 4.79 Å². The van der Waals surface area contributed by atoms with Gasteiger partial charge in [-0.15, -0.1) is 0 Å². The summed E-state index contributed by atoms with van der Waals surface area (Å²) < 4.78 is 1.01. The Morgan fingerprint density at radius 1 is 0.967 bits per heavy atom. The van der Waals surface area contributed by atoms with Crippen molar-refractivity contribution in [1.82, 2.24) is 0 Å². The van der Waals surface area contributed by atoms with Gasteiger partial charge in [-0.05, 0) is 46.7 Å². The SMILES string of the molecule is CCc1ccc(C(CC(=O)c2ccc(C(C)(C)C)cc2)Nc2cccc(Br)c2)cc1. The molecule has 0 aromatic heterocycles. The molecule has 3 aromatic carbocycles. The maximum Gasteiger partial charge on any atom is 0.165 e. The molecule has 1 unspecified atom stereocenters. The lowest BCUT2D eigenvalue weighted by molar-refractivity contribution is 0.0976. The van der Waals surface area contributed by atoms with Crippen molar-refractivity contribution >= 4 is 27.4 Å². The normalized spacial score (nSPS) is 12.4. The minimum atomic E-state index is -0.0972. The van der Waals surface area contributed by atoms with E-state index in [-0.39, 0.29) is 17.2 Å². The molecule has 156 valence electrons. The number of Topliss-reactive ketones (excluding diaryl/α,β-unsaturated/α-hetero) is 1. The molecule has 3 heteroatoms. The molecular weight excluding hydrogens is 434 g/mol. The van der Waals surface area contributed by atoms with Gasteiger partial charge in [-0.25, -0.2) is 0 Å². The van der Waals surface area contributed by atoms with Crippen molar-refractivity contribution in [2.24, 2.45) is 0 Å². The van der Waals surface area contributed by atoms with E-state index in [1.54, 1.807) is 0 Å². The molecule has 0 aliphatic heterocycles. The quantitative estimate of drug-likeness (QED) is 0.363. The lowest BCUT2D eigenvalue weighted by Crippen LogP contribution is -2.16. The third kappa shape index (κ3) is 5.82. The molecule has 2 nitrogen and oxygen atoms in total. The molecule has 0 amide bonds. The molecule has 0 aliphatic rings. The van der Waals surface area contributed by atoms with Crippen molar-refractivity contribution in [3.05, 3.63) is 99.5 Å². The van der Waals surface area contributed by atoms with Crippen LogP contribution in [0.1, 0.15) is 67.2 Å². The molecule has 0 saturated heterocycles. The van der Waals surface area contributed by atoms with Gasteiger partial charge in [0.25, 0.3) is 0 Å². The van der Waals surface area contributed by atoms with E-state index in [9.17, 15) is 4.79 Å². The van der Waals surface area contributed by atoms with Crippen molar-refractivity contribution in [3.63, 3.8) is 0 Å². The number of anilines is 1. The summed E-state index contributed by atoms with van der Waals surface area (Å²) in [5, 5.41) is 3.56. The van der Waals surface area contributed by atoms with Crippen molar-refractivity contribution in [3.8, 4) is 0 Å². The van der Waals surface area contributed by atoms with Gasteiger partial charge in [-0.3, -0.25) is 4.79 Å². The van der Waals surface area contributed by atoms with Crippen LogP contribution in [-0.4, -0.2) is 5.78 Å². The topological polar surface area (TPSA) is 29.1 Å². The highest BCUT2D eigenvalue weighted by molar-refractivity contribution is 9.10. The van der Waals surface area contributed by atoms with Gasteiger partial charge in [0.1, 0.15) is 0 Å². The lowest BCUT2D eigenvalue weighted by Gasteiger charge is -2.21. The molecule has 1 N–H and O–H groups in total. The molecule has 0 fully saturated rings. The Hall–Kier alpha value is -2.39. The first-order valence-corrected chi connectivity index (χ1v) is 11.3. The second-order valence-corrected chi connectivity index (χ2v) is 9.67. The molecule has 30 heavy (non-hydrogen) atoms. The van der Waals surface area contributed by atoms with Gasteiger partial charge in [0, 0.05) is 22.1 Å². The van der Waals surface area contributed by atoms with Crippen LogP contribution in [0.15, 0.2) is 77.3 Å². The zero-order valence-corrected chi connectivity index (χ0v) is 19.8. The zero-order valence-electron chi connectivity index (χ0n) is 18.2. The standard InChI is InChI=1S/C27H30BrNO/c1-5-19-9-11-20(12-10-19)25(29-24-8-6-7-23(28)17-24)18-26(30)21-13-15-22(16-14-21)27(2,3)4/h6-17,25,29H,5,18H2,1-4H3. The van der Waals surface area contributed by atoms with E-state index in [1.165, 1.54) is 11.1 Å². The van der Waals surface area contributed by atoms with Gasteiger partial charge in [0.15, 0.2) is 5.78 Å². The number of rotatable bonds is 7. The smallest absolute Gasteiger partial charge is 0.165 e. The molecule has 3 aromatic rings. The van der Waals surface area contributed by atoms with Crippen LogP contribution in [0.4, 0.5) is 5.69 Å². The highest BCUT2D eigenvalue weighted by Gasteiger charge is 2.19. The molecule has 0 heterocycles. The van der Waals surface area contributed by atoms with Gasteiger partial charge in [-0.1, -0.05) is 98.2 Å². The minimum absolute atomic E-state index is 0.0768. The van der Waals surface area contributed by atoms with Crippen LogP contribution in [0.2, 0.25) is 0 Å². The Labute approximate surface area is 188 Å². The second-order valence-electron chi connectivity index (χ2n) is 8.76. The Balaban J connectivity index is 1.84. The second kappa shape index (κ2) is 9.61. The number of halogens is 1. The number of aryl methyl sites for hydroxylation is 1. The third-order valence-electron chi connectivity index (χ3n) is 5.42. The highest BCUT2D eigenvalue weighted by atomic mass is 79.9. The van der Waals surface area contributed by atoms with Crippen LogP contribution < -0.4 is 5.32 Å². The number of nitrogens with one attached hydrogen (secondary N) is 1. The fourth-order valence-corrected chi connectivity index (χ4v) is 3.88. The average Bonchev–Trinajstić information content (AvgIpc) is 2.73. The average molecular weight is 464 g/mol. The Morgan fingerprint density at radius 3 is 2.20 bits per heavy atom. The van der Waals surface area contributed by atoms with Crippen LogP contribution in [0.5, 0.6) is 0 Å². The first-order valence-electron chi connectivity index (χ1n) is 10.5. The highest BCUT2D eigenvalue weighted by Crippen LogP contribution is 2.28. The van der Waals surface area contributed by atoms with Crippen LogP contribution >= 0.6 is 15.9 Å². The van der Waals surface area contributed by atoms with E-state index >= 15 is 0 Å². The van der Waals surface area contributed by atoms with Gasteiger partial charge in [-0.2, -0.15) is 0 Å². The van der Waals surface area contributed by atoms with E-state index in [2.05, 4.69) is 85.3 Å². The number of carbonyl (C=O) groups excluding carboxylic acids is 1. The summed E-state index contributed by atoms with van der Waals surface area (Å²) in [4.78, 5) is 13.1. The monoisotopic (exact) mass is 463 g/mol. The van der Waals surface area contributed by atoms with Gasteiger partial charge in [0.05, 0.1) is 6.04 Å². The first-order chi connectivity index (χ1) is 14.3. The summed E-state index contributed by atoms with van der Waals surface area (Å²) in [6, 6.07) is 24.6. The maximum absolute atomic E-state index is 13.1. The maximum atomic E-state index is 13.1. The van der Waals surface area contributed by atoms with Crippen molar-refractivity contribution in [2.75, 3.05) is 5.32 Å². The van der Waals surface area contributed by atoms with E-state index in [4.69, 9.17) is 0 Å². The predicted molar refractivity (Wildman–Crippen MR) is 130 cm³/mol. The van der Waals surface area contributed by atoms with E-state index in [0.717, 1.165) is 27.7 Å². The molecule has 0 aliphatic carbocycles. The van der Waals surface area contributed by atoms with E-state index < -0.39 is 0 Å². The number of benzene rings is 3. The Bertz CT molecular complexity index is 985. The first kappa shape index (κ1) is 22.3. The summed E-state index contributed by atoms with van der Waals surface area (Å²) >= 11 is 3.53. The molecule has 1 atom stereocenters. The van der Waals surface area contributed by atoms with Gasteiger partial charge < -0.3 is 5.32 Å². The van der Waals surface area contributed by atoms with Gasteiger partial charge in [0.2, 0.25) is 0 Å². The van der Waals surface area contributed by atoms with Crippen molar-refractivity contribution in [1.29, 1.82) is 0 Å². The third-order valence-corrected chi connectivity index (χ3v) is 5.91. The lowest BCUT2D eigenvalue weighted by atomic mass is 9.86. The van der Waals surface area contributed by atoms with Gasteiger partial charge >= 0.3 is 0 Å². The van der Waals surface area contributed by atoms with Crippen LogP contribution in [0, 0.1) is 0 Å². The zero-order chi connectivity index (χ0) is 21.7. The molecule has 0 radical (unpaired) electrons. The summed E-state index contributed by atoms with van der Waals surface area (Å²) in [6.45, 7) is 8.70.